The van der Waals surface area contributed by atoms with Gasteiger partial charge in [0.2, 0.25) is 0 Å². The summed E-state index contributed by atoms with van der Waals surface area (Å²) in [5.41, 5.74) is -0.0963. The number of carbonyl (C=O) groups is 1. The molecule has 4 aliphatic rings. The zero-order valence-corrected chi connectivity index (χ0v) is 13.3. The van der Waals surface area contributed by atoms with Gasteiger partial charge in [-0.2, -0.15) is 8.78 Å². The highest BCUT2D eigenvalue weighted by atomic mass is 32.2. The molecule has 0 aromatic rings. The van der Waals surface area contributed by atoms with Gasteiger partial charge in [0.1, 0.15) is 6.61 Å². The van der Waals surface area contributed by atoms with Crippen molar-refractivity contribution in [3.8, 4) is 0 Å². The van der Waals surface area contributed by atoms with Crippen molar-refractivity contribution in [2.24, 2.45) is 23.2 Å². The molecule has 0 unspecified atom stereocenters. The van der Waals surface area contributed by atoms with Gasteiger partial charge in [0, 0.05) is 5.41 Å². The molecule has 4 aliphatic carbocycles. The maximum atomic E-state index is 12.9. The molecular weight excluding hydrogens is 334 g/mol. The number of alkyl halides is 2. The normalized spacial score (nSPS) is 36.0. The zero-order valence-electron chi connectivity index (χ0n) is 12.5. The molecule has 4 fully saturated rings. The van der Waals surface area contributed by atoms with E-state index >= 15 is 0 Å². The van der Waals surface area contributed by atoms with Crippen LogP contribution in [0.5, 0.6) is 0 Å². The summed E-state index contributed by atoms with van der Waals surface area (Å²) in [5.74, 6) is 1.95. The van der Waals surface area contributed by atoms with Crippen LogP contribution in [0, 0.1) is 23.2 Å². The lowest BCUT2D eigenvalue weighted by atomic mass is 9.50. The summed E-state index contributed by atoms with van der Waals surface area (Å²) in [6.07, 6.45) is 5.21. The number of ether oxygens (including phenoxy) is 2. The van der Waals surface area contributed by atoms with Crippen LogP contribution in [-0.2, 0) is 19.6 Å². The Balaban J connectivity index is 1.50. The summed E-state index contributed by atoms with van der Waals surface area (Å²) < 4.78 is 65.8. The predicted octanol–water partition coefficient (Wildman–Crippen LogP) is 2.49. The Bertz CT molecular complexity index is 553. The third kappa shape index (κ3) is 3.45. The molecule has 0 atom stereocenters. The third-order valence-electron chi connectivity index (χ3n) is 5.39. The number of carbonyl (C=O) groups excluding carboxylic acids is 1. The Labute approximate surface area is 133 Å². The molecule has 0 heterocycles. The molecule has 132 valence electrons. The molecule has 0 aliphatic heterocycles. The van der Waals surface area contributed by atoms with Gasteiger partial charge in [0.25, 0.3) is 0 Å². The van der Waals surface area contributed by atoms with Gasteiger partial charge in [-0.05, 0) is 56.3 Å². The molecule has 4 saturated carbocycles. The lowest BCUT2D eigenvalue weighted by Crippen LogP contribution is -2.48. The summed E-state index contributed by atoms with van der Waals surface area (Å²) in [6.45, 7) is -1.72. The molecule has 23 heavy (non-hydrogen) atoms. The SMILES string of the molecule is O=C(OCC12CC3CC(CC(C3)C1)C2)OCC(F)(F)S(=O)(=O)[O-]. The lowest BCUT2D eigenvalue weighted by molar-refractivity contribution is -0.0943. The van der Waals surface area contributed by atoms with E-state index in [1.807, 2.05) is 0 Å². The summed E-state index contributed by atoms with van der Waals surface area (Å²) >= 11 is 0. The Morgan fingerprint density at radius 2 is 1.57 bits per heavy atom. The maximum absolute atomic E-state index is 12.9. The summed E-state index contributed by atoms with van der Waals surface area (Å²) in [4.78, 5) is 11.4. The Kier molecular flexibility index (Phi) is 4.07. The molecule has 9 heteroatoms. The molecule has 0 amide bonds. The van der Waals surface area contributed by atoms with Gasteiger partial charge in [-0.1, -0.05) is 0 Å². The molecular formula is C14H19F2O6S-. The Morgan fingerprint density at radius 3 is 2.00 bits per heavy atom. The second-order valence-corrected chi connectivity index (χ2v) is 8.84. The van der Waals surface area contributed by atoms with Gasteiger partial charge in [0.15, 0.2) is 16.7 Å². The van der Waals surface area contributed by atoms with Crippen LogP contribution in [0.4, 0.5) is 13.6 Å². The van der Waals surface area contributed by atoms with Gasteiger partial charge in [-0.25, -0.2) is 13.2 Å². The van der Waals surface area contributed by atoms with Crippen molar-refractivity contribution in [2.75, 3.05) is 13.2 Å². The van der Waals surface area contributed by atoms with Crippen LogP contribution in [0.3, 0.4) is 0 Å². The van der Waals surface area contributed by atoms with Gasteiger partial charge in [0.05, 0.1) is 0 Å². The molecule has 0 spiro atoms. The second kappa shape index (κ2) is 5.54. The molecule has 0 N–H and O–H groups in total. The van der Waals surface area contributed by atoms with Crippen LogP contribution in [0.15, 0.2) is 0 Å². The smallest absolute Gasteiger partial charge is 0.508 e. The first-order chi connectivity index (χ1) is 10.6. The summed E-state index contributed by atoms with van der Waals surface area (Å²) in [7, 11) is -5.87. The fourth-order valence-electron chi connectivity index (χ4n) is 4.94. The summed E-state index contributed by atoms with van der Waals surface area (Å²) in [6, 6.07) is 0. The van der Waals surface area contributed by atoms with Crippen molar-refractivity contribution in [3.05, 3.63) is 0 Å². The van der Waals surface area contributed by atoms with Crippen LogP contribution in [0.1, 0.15) is 38.5 Å². The molecule has 0 radical (unpaired) electrons. The quantitative estimate of drug-likeness (QED) is 0.557. The predicted molar refractivity (Wildman–Crippen MR) is 72.5 cm³/mol. The van der Waals surface area contributed by atoms with Crippen molar-refractivity contribution in [2.45, 2.75) is 43.8 Å². The largest absolute Gasteiger partial charge is 0.743 e. The molecule has 4 bridgehead atoms. The van der Waals surface area contributed by atoms with Crippen LogP contribution >= 0.6 is 0 Å². The van der Waals surface area contributed by atoms with E-state index in [1.54, 1.807) is 0 Å². The highest BCUT2D eigenvalue weighted by molar-refractivity contribution is 7.86. The number of hydrogen-bond acceptors (Lipinski definition) is 6. The standard InChI is InChI=1S/C14H20F2O6S/c15-14(16,23(18,19)20)8-22-12(17)21-7-13-4-9-1-10(5-13)3-11(2-9)6-13/h9-11H,1-8H2,(H,18,19,20)/p-1. The van der Waals surface area contributed by atoms with Gasteiger partial charge >= 0.3 is 11.4 Å². The average molecular weight is 353 g/mol. The lowest BCUT2D eigenvalue weighted by Gasteiger charge is -2.56. The van der Waals surface area contributed by atoms with E-state index in [1.165, 1.54) is 19.3 Å². The third-order valence-corrected chi connectivity index (χ3v) is 6.23. The fraction of sp³-hybridized carbons (Fsp3) is 0.929. The first kappa shape index (κ1) is 16.9. The van der Waals surface area contributed by atoms with Gasteiger partial charge < -0.3 is 14.0 Å². The van der Waals surface area contributed by atoms with E-state index in [4.69, 9.17) is 4.74 Å². The highest BCUT2D eigenvalue weighted by Gasteiger charge is 2.51. The van der Waals surface area contributed by atoms with Crippen molar-refractivity contribution >= 4 is 16.3 Å². The Morgan fingerprint density at radius 1 is 1.09 bits per heavy atom. The molecule has 4 rings (SSSR count). The number of rotatable bonds is 5. The number of halogens is 2. The molecule has 6 nitrogen and oxygen atoms in total. The van der Waals surface area contributed by atoms with Gasteiger partial charge in [-0.15, -0.1) is 0 Å². The summed E-state index contributed by atoms with van der Waals surface area (Å²) in [5, 5.41) is -4.65. The minimum absolute atomic E-state index is 0.0963. The minimum Gasteiger partial charge on any atom is -0.743 e. The van der Waals surface area contributed by atoms with Crippen LogP contribution in [0.25, 0.3) is 0 Å². The van der Waals surface area contributed by atoms with Crippen LogP contribution in [0.2, 0.25) is 0 Å². The van der Waals surface area contributed by atoms with E-state index in [-0.39, 0.29) is 12.0 Å². The van der Waals surface area contributed by atoms with Crippen molar-refractivity contribution in [3.63, 3.8) is 0 Å². The van der Waals surface area contributed by atoms with E-state index < -0.39 is 28.1 Å². The first-order valence-electron chi connectivity index (χ1n) is 7.71. The fourth-order valence-corrected chi connectivity index (χ4v) is 5.14. The molecule has 0 saturated heterocycles. The van der Waals surface area contributed by atoms with E-state index in [0.717, 1.165) is 19.3 Å². The van der Waals surface area contributed by atoms with Gasteiger partial charge in [-0.3, -0.25) is 0 Å². The highest BCUT2D eigenvalue weighted by Crippen LogP contribution is 2.60. The van der Waals surface area contributed by atoms with Crippen molar-refractivity contribution in [1.29, 1.82) is 0 Å². The first-order valence-corrected chi connectivity index (χ1v) is 9.12. The van der Waals surface area contributed by atoms with Crippen molar-refractivity contribution in [1.82, 2.24) is 0 Å². The Hall–Kier alpha value is -0.960. The van der Waals surface area contributed by atoms with Crippen LogP contribution < -0.4 is 0 Å². The molecule has 0 aromatic heterocycles. The monoisotopic (exact) mass is 353 g/mol. The maximum Gasteiger partial charge on any atom is 0.508 e. The van der Waals surface area contributed by atoms with Crippen LogP contribution in [-0.4, -0.2) is 37.6 Å². The zero-order chi connectivity index (χ0) is 16.9. The molecule has 0 aromatic carbocycles. The minimum atomic E-state index is -5.87. The van der Waals surface area contributed by atoms with E-state index in [9.17, 15) is 26.5 Å². The average Bonchev–Trinajstić information content (AvgIpc) is 2.40. The topological polar surface area (TPSA) is 92.7 Å². The van der Waals surface area contributed by atoms with Crippen molar-refractivity contribution < 1.29 is 36.0 Å². The number of hydrogen-bond donors (Lipinski definition) is 0. The van der Waals surface area contributed by atoms with E-state index in [0.29, 0.717) is 17.8 Å². The second-order valence-electron chi connectivity index (χ2n) is 7.34. The van der Waals surface area contributed by atoms with E-state index in [2.05, 4.69) is 4.74 Å².